The number of allylic oxidation sites excluding steroid dienone is 2. The number of rotatable bonds is 79. The second-order valence-electron chi connectivity index (χ2n) is 29.8. The van der Waals surface area contributed by atoms with Gasteiger partial charge in [0.15, 0.2) is 12.4 Å². The van der Waals surface area contributed by atoms with Crippen LogP contribution in [0.4, 0.5) is 0 Å². The largest absolute Gasteiger partial charge is 0.545 e. The molecule has 546 valence electrons. The van der Waals surface area contributed by atoms with Crippen LogP contribution < -0.4 is 5.11 Å². The predicted molar refractivity (Wildman–Crippen MR) is 394 cm³/mol. The van der Waals surface area contributed by atoms with E-state index < -0.39 is 24.3 Å². The van der Waals surface area contributed by atoms with Crippen molar-refractivity contribution in [1.82, 2.24) is 0 Å². The minimum Gasteiger partial charge on any atom is -0.545 e. The van der Waals surface area contributed by atoms with Crippen molar-refractivity contribution >= 4 is 17.9 Å². The highest BCUT2D eigenvalue weighted by Crippen LogP contribution is 2.21. The van der Waals surface area contributed by atoms with Crippen LogP contribution in [0, 0.1) is 0 Å². The lowest BCUT2D eigenvalue weighted by Crippen LogP contribution is -2.44. The normalized spacial score (nSPS) is 12.6. The van der Waals surface area contributed by atoms with Gasteiger partial charge in [-0.05, 0) is 38.5 Å². The van der Waals surface area contributed by atoms with Crippen LogP contribution in [0.2, 0.25) is 0 Å². The maximum Gasteiger partial charge on any atom is 0.306 e. The van der Waals surface area contributed by atoms with Crippen LogP contribution >= 0.6 is 0 Å². The fourth-order valence-corrected chi connectivity index (χ4v) is 13.0. The molecule has 0 bridgehead atoms. The van der Waals surface area contributed by atoms with Crippen LogP contribution in [-0.4, -0.2) is 82.3 Å². The van der Waals surface area contributed by atoms with E-state index in [2.05, 4.69) is 26.0 Å². The maximum absolute atomic E-state index is 13.0. The van der Waals surface area contributed by atoms with E-state index in [0.29, 0.717) is 17.4 Å². The molecule has 0 heterocycles. The zero-order valence-electron chi connectivity index (χ0n) is 62.7. The Labute approximate surface area is 574 Å². The molecule has 2 unspecified atom stereocenters. The number of ether oxygens (including phenoxy) is 4. The molecule has 0 aliphatic heterocycles. The fraction of sp³-hybridized carbons (Fsp3) is 0.940. The van der Waals surface area contributed by atoms with Gasteiger partial charge in [-0.15, -0.1) is 0 Å². The van der Waals surface area contributed by atoms with E-state index in [-0.39, 0.29) is 32.2 Å². The third kappa shape index (κ3) is 75.4. The lowest BCUT2D eigenvalue weighted by molar-refractivity contribution is -0.870. The lowest BCUT2D eigenvalue weighted by Gasteiger charge is -2.26. The summed E-state index contributed by atoms with van der Waals surface area (Å²) >= 11 is 0. The van der Waals surface area contributed by atoms with Crippen LogP contribution in [-0.2, 0) is 33.3 Å². The molecule has 0 saturated carbocycles. The van der Waals surface area contributed by atoms with E-state index in [9.17, 15) is 19.5 Å². The van der Waals surface area contributed by atoms with Gasteiger partial charge in [0.05, 0.1) is 40.3 Å². The number of carboxylic acids is 1. The fourth-order valence-electron chi connectivity index (χ4n) is 13.0. The number of hydrogen-bond donors (Lipinski definition) is 0. The first kappa shape index (κ1) is 90.0. The highest BCUT2D eigenvalue weighted by atomic mass is 16.7. The van der Waals surface area contributed by atoms with E-state index in [4.69, 9.17) is 18.9 Å². The Hall–Kier alpha value is -1.97. The Balaban J connectivity index is 3.93. The number of unbranched alkanes of at least 4 members (excludes halogenated alkanes) is 62. The van der Waals surface area contributed by atoms with Crippen molar-refractivity contribution in [3.63, 3.8) is 0 Å². The van der Waals surface area contributed by atoms with Crippen LogP contribution in [0.3, 0.4) is 0 Å². The first-order valence-corrected chi connectivity index (χ1v) is 41.3. The molecule has 0 fully saturated rings. The van der Waals surface area contributed by atoms with Gasteiger partial charge in [-0.25, -0.2) is 0 Å². The zero-order valence-corrected chi connectivity index (χ0v) is 62.7. The molecule has 0 aromatic rings. The number of hydrogen-bond acceptors (Lipinski definition) is 8. The topological polar surface area (TPSA) is 111 Å². The molecular formula is C83H161NO8. The van der Waals surface area contributed by atoms with Crippen molar-refractivity contribution in [2.75, 3.05) is 47.5 Å². The zero-order chi connectivity index (χ0) is 66.8. The highest BCUT2D eigenvalue weighted by molar-refractivity contribution is 5.70. The third-order valence-corrected chi connectivity index (χ3v) is 19.3. The Morgan fingerprint density at radius 2 is 0.554 bits per heavy atom. The lowest BCUT2D eigenvalue weighted by atomic mass is 10.0. The number of carbonyl (C=O) groups excluding carboxylic acids is 3. The molecule has 92 heavy (non-hydrogen) atoms. The van der Waals surface area contributed by atoms with Crippen LogP contribution in [0.15, 0.2) is 12.2 Å². The van der Waals surface area contributed by atoms with Crippen molar-refractivity contribution < 1.29 is 42.9 Å². The molecule has 0 radical (unpaired) electrons. The molecular weight excluding hydrogens is 1140 g/mol. The number of carboxylic acid groups (broad SMARTS) is 1. The summed E-state index contributed by atoms with van der Waals surface area (Å²) in [5, 5.41) is 11.9. The second kappa shape index (κ2) is 74.8. The number of quaternary nitrogens is 1. The summed E-state index contributed by atoms with van der Waals surface area (Å²) in [7, 11) is 5.96. The summed E-state index contributed by atoms with van der Waals surface area (Å²) in [5.41, 5.74) is 0. The van der Waals surface area contributed by atoms with Gasteiger partial charge in [0.25, 0.3) is 0 Å². The number of carbonyl (C=O) groups is 3. The molecule has 0 aromatic carbocycles. The predicted octanol–water partition coefficient (Wildman–Crippen LogP) is 25.0. The van der Waals surface area contributed by atoms with Gasteiger partial charge >= 0.3 is 11.9 Å². The molecule has 9 nitrogen and oxygen atoms in total. The number of likely N-dealkylation sites (N-methyl/N-ethyl adjacent to an activating group) is 1. The first-order chi connectivity index (χ1) is 45.1. The van der Waals surface area contributed by atoms with Crippen LogP contribution in [0.1, 0.15) is 444 Å². The van der Waals surface area contributed by atoms with Gasteiger partial charge in [-0.3, -0.25) is 9.59 Å². The average Bonchev–Trinajstić information content (AvgIpc) is 3.70. The number of nitrogens with zero attached hydrogens (tertiary/aromatic N) is 1. The Kier molecular flexibility index (Phi) is 73.2. The van der Waals surface area contributed by atoms with Gasteiger partial charge in [0.1, 0.15) is 13.2 Å². The van der Waals surface area contributed by atoms with E-state index in [1.54, 1.807) is 0 Å². The standard InChI is InChI=1S/C83H161NO8/c1-6-8-10-12-14-16-18-20-22-24-26-28-30-32-34-36-38-39-40-41-42-44-45-47-49-51-53-55-57-59-61-63-65-67-69-71-73-80(85)90-77-79(78-91-83(82(87)88)89-76-75-84(3,4)5)92-81(86)74-72-70-68-66-64-62-60-58-56-54-52-50-48-46-43-37-35-33-31-29-27-25-23-21-19-17-15-13-11-9-7-2/h25,27,79,83H,6-24,26,28-78H2,1-5H3/b27-25-. The van der Waals surface area contributed by atoms with E-state index >= 15 is 0 Å². The minimum absolute atomic E-state index is 0.153. The molecule has 0 aliphatic carbocycles. The molecule has 0 saturated heterocycles. The summed E-state index contributed by atoms with van der Waals surface area (Å²) < 4.78 is 22.9. The minimum atomic E-state index is -1.62. The number of esters is 2. The van der Waals surface area contributed by atoms with Crippen LogP contribution in [0.25, 0.3) is 0 Å². The van der Waals surface area contributed by atoms with Gasteiger partial charge in [0, 0.05) is 12.8 Å². The third-order valence-electron chi connectivity index (χ3n) is 19.3. The Morgan fingerprint density at radius 3 is 0.804 bits per heavy atom. The summed E-state index contributed by atoms with van der Waals surface area (Å²) in [4.78, 5) is 37.6. The molecule has 0 spiro atoms. The number of aliphatic carboxylic acids is 1. The van der Waals surface area contributed by atoms with Gasteiger partial charge in [-0.1, -0.05) is 405 Å². The second-order valence-corrected chi connectivity index (χ2v) is 29.8. The molecule has 9 heteroatoms. The smallest absolute Gasteiger partial charge is 0.306 e. The first-order valence-electron chi connectivity index (χ1n) is 41.3. The van der Waals surface area contributed by atoms with E-state index in [1.165, 1.54) is 379 Å². The summed E-state index contributed by atoms with van der Waals surface area (Å²) in [6, 6.07) is 0. The van der Waals surface area contributed by atoms with Gasteiger partial charge in [0.2, 0.25) is 0 Å². The quantitative estimate of drug-likeness (QED) is 0.0195. The van der Waals surface area contributed by atoms with Crippen LogP contribution in [0.5, 0.6) is 0 Å². The Morgan fingerprint density at radius 1 is 0.315 bits per heavy atom. The molecule has 0 rings (SSSR count). The van der Waals surface area contributed by atoms with Gasteiger partial charge < -0.3 is 33.3 Å². The molecule has 0 N–H and O–H groups in total. The van der Waals surface area contributed by atoms with Crippen molar-refractivity contribution in [2.45, 2.75) is 456 Å². The molecule has 0 aliphatic rings. The van der Waals surface area contributed by atoms with Crippen molar-refractivity contribution in [3.8, 4) is 0 Å². The van der Waals surface area contributed by atoms with Crippen molar-refractivity contribution in [1.29, 1.82) is 0 Å². The molecule has 0 aromatic heterocycles. The van der Waals surface area contributed by atoms with E-state index in [1.807, 2.05) is 21.1 Å². The molecule has 2 atom stereocenters. The van der Waals surface area contributed by atoms with Gasteiger partial charge in [-0.2, -0.15) is 0 Å². The summed E-state index contributed by atoms with van der Waals surface area (Å²) in [5.74, 6) is -2.24. The average molecular weight is 1300 g/mol. The Bertz CT molecular complexity index is 1510. The monoisotopic (exact) mass is 1300 g/mol. The molecule has 0 amide bonds. The SMILES string of the molecule is CCCCCCCCCC/C=C\CCCCCCCCCCCCCCCCCCCCCC(=O)OC(COC(=O)CCCCCCCCCCCCCCCCCCCCCCCCCCCCCCCCCCCCCC)COC(OCC[N+](C)(C)C)C(=O)[O-]. The van der Waals surface area contributed by atoms with E-state index in [0.717, 1.165) is 38.5 Å². The van der Waals surface area contributed by atoms with Crippen molar-refractivity contribution in [3.05, 3.63) is 12.2 Å². The summed E-state index contributed by atoms with van der Waals surface area (Å²) in [6.45, 7) is 4.85. The maximum atomic E-state index is 13.0. The summed E-state index contributed by atoms with van der Waals surface area (Å²) in [6.07, 6.45) is 90.7. The van der Waals surface area contributed by atoms with Crippen molar-refractivity contribution in [2.24, 2.45) is 0 Å². The highest BCUT2D eigenvalue weighted by Gasteiger charge is 2.22.